The summed E-state index contributed by atoms with van der Waals surface area (Å²) in [6, 6.07) is 9.55. The molecule has 0 radical (unpaired) electrons. The van der Waals surface area contributed by atoms with Crippen molar-refractivity contribution in [1.29, 1.82) is 0 Å². The molecule has 0 amide bonds. The number of fused-ring (bicyclic) bond motifs is 1. The molecule has 1 aliphatic heterocycles. The summed E-state index contributed by atoms with van der Waals surface area (Å²) in [5.41, 5.74) is -0.464. The summed E-state index contributed by atoms with van der Waals surface area (Å²) in [7, 11) is 0. The van der Waals surface area contributed by atoms with Crippen molar-refractivity contribution in [1.82, 2.24) is 10.3 Å². The van der Waals surface area contributed by atoms with Crippen molar-refractivity contribution in [3.63, 3.8) is 0 Å². The van der Waals surface area contributed by atoms with Gasteiger partial charge in [-0.2, -0.15) is 4.73 Å². The van der Waals surface area contributed by atoms with Crippen LogP contribution < -0.4 is 15.4 Å². The van der Waals surface area contributed by atoms with Crippen molar-refractivity contribution < 1.29 is 22.3 Å². The minimum atomic E-state index is -0.926. The largest absolute Gasteiger partial charge is 0.618 e. The monoisotopic (exact) mass is 468 g/mol. The predicted octanol–water partition coefficient (Wildman–Crippen LogP) is 4.92. The van der Waals surface area contributed by atoms with Crippen molar-refractivity contribution in [3.8, 4) is 22.4 Å². The zero-order chi connectivity index (χ0) is 23.8. The highest BCUT2D eigenvalue weighted by atomic mass is 19.1. The van der Waals surface area contributed by atoms with E-state index < -0.39 is 28.8 Å². The number of piperidine rings is 1. The van der Waals surface area contributed by atoms with E-state index in [1.165, 1.54) is 18.2 Å². The minimum absolute atomic E-state index is 0.000778. The first-order valence-electron chi connectivity index (χ1n) is 10.9. The van der Waals surface area contributed by atoms with Gasteiger partial charge in [0.15, 0.2) is 6.20 Å². The number of aromatic nitrogens is 2. The van der Waals surface area contributed by atoms with Crippen LogP contribution in [0.15, 0.2) is 54.7 Å². The molecule has 34 heavy (non-hydrogen) atoms. The van der Waals surface area contributed by atoms with Crippen LogP contribution in [0.25, 0.3) is 33.3 Å². The third kappa shape index (κ3) is 4.03. The number of halogens is 4. The molecule has 1 aliphatic rings. The zero-order valence-electron chi connectivity index (χ0n) is 17.9. The lowest BCUT2D eigenvalue weighted by molar-refractivity contribution is -0.592. The molecule has 1 fully saturated rings. The molecule has 0 saturated carbocycles. The Morgan fingerprint density at radius 1 is 0.912 bits per heavy atom. The van der Waals surface area contributed by atoms with E-state index in [1.807, 2.05) is 0 Å². The second kappa shape index (κ2) is 8.90. The molecule has 0 bridgehead atoms. The quantitative estimate of drug-likeness (QED) is 0.254. The molecule has 1 saturated heterocycles. The van der Waals surface area contributed by atoms with Gasteiger partial charge in [0.05, 0.1) is 0 Å². The van der Waals surface area contributed by atoms with Crippen LogP contribution in [-0.2, 0) is 0 Å². The van der Waals surface area contributed by atoms with E-state index in [1.54, 1.807) is 6.07 Å². The van der Waals surface area contributed by atoms with Crippen LogP contribution in [0, 0.1) is 28.5 Å². The normalized spacial score (nSPS) is 14.5. The van der Waals surface area contributed by atoms with E-state index >= 15 is 0 Å². The Labute approximate surface area is 192 Å². The van der Waals surface area contributed by atoms with E-state index in [0.29, 0.717) is 21.5 Å². The van der Waals surface area contributed by atoms with Crippen molar-refractivity contribution in [3.05, 3.63) is 83.2 Å². The van der Waals surface area contributed by atoms with Crippen LogP contribution in [0.1, 0.15) is 12.8 Å². The first-order valence-corrected chi connectivity index (χ1v) is 10.9. The molecule has 0 unspecified atom stereocenters. The maximum atomic E-state index is 14.8. The standard InChI is InChI=1S/C25H20F4N4O/c26-14-4-5-16(21(29)12-14)18-13-22(31-15-6-9-30-10-7-15)32-24-17(18)8-11-33(34)25(24)23-19(27)2-1-3-20(23)28/h1-5,8,11-13,15,30H,6-7,9-10H2,(H,31,32). The van der Waals surface area contributed by atoms with Gasteiger partial charge in [0, 0.05) is 29.1 Å². The molecule has 0 aliphatic carbocycles. The molecule has 2 aromatic heterocycles. The lowest BCUT2D eigenvalue weighted by Gasteiger charge is -2.24. The van der Waals surface area contributed by atoms with Crippen molar-refractivity contribution in [2.24, 2.45) is 0 Å². The van der Waals surface area contributed by atoms with Gasteiger partial charge in [0.25, 0.3) is 5.69 Å². The van der Waals surface area contributed by atoms with Crippen LogP contribution >= 0.6 is 0 Å². The zero-order valence-corrected chi connectivity index (χ0v) is 17.9. The molecule has 5 rings (SSSR count). The van der Waals surface area contributed by atoms with Crippen molar-refractivity contribution >= 4 is 16.7 Å². The van der Waals surface area contributed by atoms with Crippen LogP contribution in [-0.4, -0.2) is 24.1 Å². The fourth-order valence-electron chi connectivity index (χ4n) is 4.36. The van der Waals surface area contributed by atoms with E-state index in [9.17, 15) is 22.8 Å². The fourth-order valence-corrected chi connectivity index (χ4v) is 4.36. The number of hydrogen-bond acceptors (Lipinski definition) is 4. The molecule has 0 atom stereocenters. The van der Waals surface area contributed by atoms with Crippen LogP contribution in [0.3, 0.4) is 0 Å². The molecule has 3 heterocycles. The molecular weight excluding hydrogens is 448 g/mol. The molecule has 2 N–H and O–H groups in total. The Kier molecular flexibility index (Phi) is 5.79. The summed E-state index contributed by atoms with van der Waals surface area (Å²) in [5, 5.41) is 19.6. The molecule has 0 spiro atoms. The topological polar surface area (TPSA) is 63.9 Å². The number of anilines is 1. The van der Waals surface area contributed by atoms with Gasteiger partial charge in [-0.15, -0.1) is 0 Å². The number of pyridine rings is 2. The lowest BCUT2D eigenvalue weighted by Crippen LogP contribution is -2.35. The van der Waals surface area contributed by atoms with Gasteiger partial charge in [-0.25, -0.2) is 22.5 Å². The van der Waals surface area contributed by atoms with Gasteiger partial charge in [-0.1, -0.05) is 6.07 Å². The third-order valence-corrected chi connectivity index (χ3v) is 5.99. The first-order chi connectivity index (χ1) is 16.4. The summed E-state index contributed by atoms with van der Waals surface area (Å²) >= 11 is 0. The first kappa shape index (κ1) is 22.1. The SMILES string of the molecule is [O-][n+]1ccc2c(-c3ccc(F)cc3F)cc(NC3CCNCC3)nc2c1-c1c(F)cccc1F. The van der Waals surface area contributed by atoms with Crippen LogP contribution in [0.4, 0.5) is 23.4 Å². The Bertz CT molecular complexity index is 1370. The van der Waals surface area contributed by atoms with Crippen molar-refractivity contribution in [2.75, 3.05) is 18.4 Å². The lowest BCUT2D eigenvalue weighted by atomic mass is 9.98. The van der Waals surface area contributed by atoms with E-state index in [2.05, 4.69) is 15.6 Å². The number of nitrogens with one attached hydrogen (secondary N) is 2. The molecule has 9 heteroatoms. The average Bonchev–Trinajstić information content (AvgIpc) is 2.80. The Morgan fingerprint density at radius 2 is 1.65 bits per heavy atom. The van der Waals surface area contributed by atoms with E-state index in [4.69, 9.17) is 0 Å². The Morgan fingerprint density at radius 3 is 2.35 bits per heavy atom. The number of hydrogen-bond donors (Lipinski definition) is 2. The van der Waals surface area contributed by atoms with Crippen LogP contribution in [0.5, 0.6) is 0 Å². The number of nitrogens with zero attached hydrogens (tertiary/aromatic N) is 2. The Hall–Kier alpha value is -3.72. The van der Waals surface area contributed by atoms with Gasteiger partial charge < -0.3 is 15.8 Å². The minimum Gasteiger partial charge on any atom is -0.618 e. The molecule has 4 aromatic rings. The summed E-state index contributed by atoms with van der Waals surface area (Å²) in [4.78, 5) is 4.54. The second-order valence-corrected chi connectivity index (χ2v) is 8.20. The maximum absolute atomic E-state index is 14.8. The van der Waals surface area contributed by atoms with E-state index in [-0.39, 0.29) is 22.8 Å². The summed E-state index contributed by atoms with van der Waals surface area (Å²) < 4.78 is 58.2. The van der Waals surface area contributed by atoms with Crippen molar-refractivity contribution in [2.45, 2.75) is 18.9 Å². The predicted molar refractivity (Wildman–Crippen MR) is 121 cm³/mol. The van der Waals surface area contributed by atoms with Gasteiger partial charge in [-0.3, -0.25) is 0 Å². The third-order valence-electron chi connectivity index (χ3n) is 5.99. The molecule has 2 aromatic carbocycles. The maximum Gasteiger partial charge on any atom is 0.256 e. The highest BCUT2D eigenvalue weighted by Gasteiger charge is 2.26. The summed E-state index contributed by atoms with van der Waals surface area (Å²) in [6.45, 7) is 1.61. The summed E-state index contributed by atoms with van der Waals surface area (Å²) in [6.07, 6.45) is 2.71. The van der Waals surface area contributed by atoms with Gasteiger partial charge in [0.2, 0.25) is 0 Å². The molecule has 174 valence electrons. The number of benzene rings is 2. The van der Waals surface area contributed by atoms with Crippen LogP contribution in [0.2, 0.25) is 0 Å². The fraction of sp³-hybridized carbons (Fsp3) is 0.200. The molecule has 5 nitrogen and oxygen atoms in total. The van der Waals surface area contributed by atoms with Gasteiger partial charge in [-0.05, 0) is 61.8 Å². The van der Waals surface area contributed by atoms with Gasteiger partial charge >= 0.3 is 0 Å². The summed E-state index contributed by atoms with van der Waals surface area (Å²) in [5.74, 6) is -3.07. The number of rotatable bonds is 4. The smallest absolute Gasteiger partial charge is 0.256 e. The van der Waals surface area contributed by atoms with E-state index in [0.717, 1.165) is 56.4 Å². The molecular formula is C25H20F4N4O. The van der Waals surface area contributed by atoms with Gasteiger partial charge in [0.1, 0.15) is 40.2 Å². The Balaban J connectivity index is 1.80. The average molecular weight is 468 g/mol. The highest BCUT2D eigenvalue weighted by Crippen LogP contribution is 2.36. The highest BCUT2D eigenvalue weighted by molar-refractivity contribution is 6.01. The second-order valence-electron chi connectivity index (χ2n) is 8.20.